The van der Waals surface area contributed by atoms with E-state index in [0.29, 0.717) is 41.9 Å². The van der Waals surface area contributed by atoms with Crippen LogP contribution >= 0.6 is 0 Å². The lowest BCUT2D eigenvalue weighted by Gasteiger charge is -2.26. The number of ether oxygens (including phenoxy) is 3. The quantitative estimate of drug-likeness (QED) is 0.208. The fourth-order valence-electron chi connectivity index (χ4n) is 4.16. The largest absolute Gasteiger partial charge is 0.493 e. The van der Waals surface area contributed by atoms with Crippen molar-refractivity contribution in [3.8, 4) is 17.2 Å². The molecule has 1 N–H and O–H groups in total. The van der Waals surface area contributed by atoms with E-state index in [-0.39, 0.29) is 5.57 Å². The summed E-state index contributed by atoms with van der Waals surface area (Å²) in [6, 6.07) is 19.3. The van der Waals surface area contributed by atoms with Gasteiger partial charge in [-0.1, -0.05) is 44.2 Å². The smallest absolute Gasteiger partial charge is 0.335 e. The topological polar surface area (TPSA) is 94.2 Å². The summed E-state index contributed by atoms with van der Waals surface area (Å²) in [5.74, 6) is 0.733. The van der Waals surface area contributed by atoms with E-state index in [2.05, 4.69) is 31.3 Å². The van der Waals surface area contributed by atoms with Crippen molar-refractivity contribution in [3.05, 3.63) is 89.0 Å². The predicted molar refractivity (Wildman–Crippen MR) is 149 cm³/mol. The Balaban J connectivity index is 1.43. The van der Waals surface area contributed by atoms with E-state index < -0.39 is 17.8 Å². The second-order valence-electron chi connectivity index (χ2n) is 9.28. The Labute approximate surface area is 228 Å². The van der Waals surface area contributed by atoms with Gasteiger partial charge in [0.2, 0.25) is 0 Å². The summed E-state index contributed by atoms with van der Waals surface area (Å²) >= 11 is 0. The standard InChI is InChI=1S/C31H32N2O6/c1-5-21(3)23-10-12-25(13-11-23)38-15-16-39-27-14-9-22(19-28(27)37-4)18-26-29(34)32-31(36)33(30(26)35)24-8-6-7-20(2)17-24/h6-14,17-19,21H,5,15-16H2,1-4H3,(H,32,34,36)/b26-18-/t21-/m0/s1. The number of carbonyl (C=O) groups is 3. The third-order valence-corrected chi connectivity index (χ3v) is 6.53. The third-order valence-electron chi connectivity index (χ3n) is 6.53. The summed E-state index contributed by atoms with van der Waals surface area (Å²) in [4.78, 5) is 39.1. The van der Waals surface area contributed by atoms with Crippen molar-refractivity contribution in [2.45, 2.75) is 33.1 Å². The van der Waals surface area contributed by atoms with Gasteiger partial charge in [-0.3, -0.25) is 14.9 Å². The number of nitrogens with one attached hydrogen (secondary N) is 1. The van der Waals surface area contributed by atoms with Crippen molar-refractivity contribution in [2.24, 2.45) is 0 Å². The number of barbiturate groups is 1. The first-order chi connectivity index (χ1) is 18.8. The molecule has 8 nitrogen and oxygen atoms in total. The van der Waals surface area contributed by atoms with Gasteiger partial charge in [-0.05, 0) is 78.4 Å². The van der Waals surface area contributed by atoms with Crippen LogP contribution in [0.15, 0.2) is 72.3 Å². The van der Waals surface area contributed by atoms with E-state index >= 15 is 0 Å². The zero-order chi connectivity index (χ0) is 27.9. The van der Waals surface area contributed by atoms with Crippen LogP contribution < -0.4 is 24.4 Å². The van der Waals surface area contributed by atoms with Crippen molar-refractivity contribution in [3.63, 3.8) is 0 Å². The number of nitrogens with zero attached hydrogens (tertiary/aromatic N) is 1. The summed E-state index contributed by atoms with van der Waals surface area (Å²) in [5, 5.41) is 2.24. The van der Waals surface area contributed by atoms with E-state index in [1.54, 1.807) is 36.4 Å². The summed E-state index contributed by atoms with van der Waals surface area (Å²) in [6.45, 7) is 6.85. The highest BCUT2D eigenvalue weighted by molar-refractivity contribution is 6.39. The SMILES string of the molecule is CC[C@H](C)c1ccc(OCCOc2ccc(/C=C3/C(=O)NC(=O)N(c4cccc(C)c4)C3=O)cc2OC)cc1. The summed E-state index contributed by atoms with van der Waals surface area (Å²) in [5.41, 5.74) is 2.91. The van der Waals surface area contributed by atoms with Gasteiger partial charge in [0.05, 0.1) is 12.8 Å². The lowest BCUT2D eigenvalue weighted by molar-refractivity contribution is -0.122. The number of imide groups is 2. The average molecular weight is 529 g/mol. The average Bonchev–Trinajstić information content (AvgIpc) is 2.93. The molecule has 3 aromatic rings. The lowest BCUT2D eigenvalue weighted by Crippen LogP contribution is -2.54. The van der Waals surface area contributed by atoms with E-state index in [0.717, 1.165) is 22.6 Å². The number of hydrogen-bond acceptors (Lipinski definition) is 6. The molecule has 0 unspecified atom stereocenters. The first-order valence-electron chi connectivity index (χ1n) is 12.8. The van der Waals surface area contributed by atoms with Gasteiger partial charge >= 0.3 is 6.03 Å². The number of hydrogen-bond donors (Lipinski definition) is 1. The molecule has 1 aliphatic heterocycles. The lowest BCUT2D eigenvalue weighted by atomic mass is 9.99. The normalized spacial score (nSPS) is 15.2. The Morgan fingerprint density at radius 2 is 1.67 bits per heavy atom. The van der Waals surface area contributed by atoms with Crippen LogP contribution in [0.25, 0.3) is 6.08 Å². The molecule has 0 aliphatic carbocycles. The molecular weight excluding hydrogens is 496 g/mol. The number of methoxy groups -OCH3 is 1. The first kappa shape index (κ1) is 27.4. The number of amides is 4. The molecule has 0 saturated carbocycles. The molecule has 3 aromatic carbocycles. The van der Waals surface area contributed by atoms with Gasteiger partial charge < -0.3 is 14.2 Å². The number of aryl methyl sites for hydroxylation is 1. The molecule has 1 heterocycles. The number of benzene rings is 3. The van der Waals surface area contributed by atoms with E-state index in [4.69, 9.17) is 14.2 Å². The Morgan fingerprint density at radius 1 is 0.923 bits per heavy atom. The molecule has 4 rings (SSSR count). The van der Waals surface area contributed by atoms with Crippen LogP contribution in [0.1, 0.15) is 42.9 Å². The Kier molecular flexibility index (Phi) is 8.66. The Morgan fingerprint density at radius 3 is 2.36 bits per heavy atom. The van der Waals surface area contributed by atoms with Crippen molar-refractivity contribution >= 4 is 29.6 Å². The van der Waals surface area contributed by atoms with Gasteiger partial charge in [0, 0.05) is 0 Å². The molecule has 0 spiro atoms. The van der Waals surface area contributed by atoms with Crippen LogP contribution in [0.2, 0.25) is 0 Å². The predicted octanol–water partition coefficient (Wildman–Crippen LogP) is 5.64. The monoisotopic (exact) mass is 528 g/mol. The second kappa shape index (κ2) is 12.3. The minimum absolute atomic E-state index is 0.167. The van der Waals surface area contributed by atoms with E-state index in [9.17, 15) is 14.4 Å². The number of anilines is 1. The number of rotatable bonds is 10. The van der Waals surface area contributed by atoms with Crippen LogP contribution in [-0.4, -0.2) is 38.2 Å². The first-order valence-corrected chi connectivity index (χ1v) is 12.8. The van der Waals surface area contributed by atoms with Crippen LogP contribution in [0.4, 0.5) is 10.5 Å². The molecule has 39 heavy (non-hydrogen) atoms. The highest BCUT2D eigenvalue weighted by atomic mass is 16.5. The van der Waals surface area contributed by atoms with Crippen molar-refractivity contribution in [2.75, 3.05) is 25.2 Å². The molecule has 1 aliphatic rings. The molecule has 4 amide bonds. The van der Waals surface area contributed by atoms with Crippen molar-refractivity contribution in [1.29, 1.82) is 0 Å². The van der Waals surface area contributed by atoms with Crippen LogP contribution in [0.3, 0.4) is 0 Å². The zero-order valence-electron chi connectivity index (χ0n) is 22.5. The maximum atomic E-state index is 13.1. The molecule has 1 atom stereocenters. The van der Waals surface area contributed by atoms with E-state index in [1.807, 2.05) is 25.1 Å². The van der Waals surface area contributed by atoms with Gasteiger partial charge in [-0.2, -0.15) is 0 Å². The van der Waals surface area contributed by atoms with Crippen LogP contribution in [0, 0.1) is 6.92 Å². The molecular formula is C31H32N2O6. The molecule has 1 saturated heterocycles. The number of carbonyl (C=O) groups excluding carboxylic acids is 3. The summed E-state index contributed by atoms with van der Waals surface area (Å²) in [7, 11) is 1.51. The van der Waals surface area contributed by atoms with Gasteiger partial charge in [-0.15, -0.1) is 0 Å². The molecule has 0 radical (unpaired) electrons. The minimum Gasteiger partial charge on any atom is -0.493 e. The molecule has 1 fully saturated rings. The zero-order valence-corrected chi connectivity index (χ0v) is 22.5. The number of urea groups is 1. The van der Waals surface area contributed by atoms with Gasteiger partial charge in [0.15, 0.2) is 11.5 Å². The third kappa shape index (κ3) is 6.46. The Hall–Kier alpha value is -4.59. The highest BCUT2D eigenvalue weighted by Gasteiger charge is 2.36. The fourth-order valence-corrected chi connectivity index (χ4v) is 4.16. The maximum Gasteiger partial charge on any atom is 0.335 e. The molecule has 0 aromatic heterocycles. The van der Waals surface area contributed by atoms with Gasteiger partial charge in [-0.25, -0.2) is 9.69 Å². The molecule has 0 bridgehead atoms. The molecule has 202 valence electrons. The van der Waals surface area contributed by atoms with Gasteiger partial charge in [0.1, 0.15) is 24.5 Å². The summed E-state index contributed by atoms with van der Waals surface area (Å²) in [6.07, 6.45) is 2.51. The van der Waals surface area contributed by atoms with Crippen molar-refractivity contribution < 1.29 is 28.6 Å². The maximum absolute atomic E-state index is 13.1. The van der Waals surface area contributed by atoms with Gasteiger partial charge in [0.25, 0.3) is 11.8 Å². The highest BCUT2D eigenvalue weighted by Crippen LogP contribution is 2.30. The van der Waals surface area contributed by atoms with Crippen molar-refractivity contribution in [1.82, 2.24) is 5.32 Å². The fraction of sp³-hybridized carbons (Fsp3) is 0.258. The summed E-state index contributed by atoms with van der Waals surface area (Å²) < 4.78 is 17.1. The minimum atomic E-state index is -0.789. The van der Waals surface area contributed by atoms with E-state index in [1.165, 1.54) is 18.7 Å². The Bertz CT molecular complexity index is 1400. The van der Waals surface area contributed by atoms with Crippen LogP contribution in [0.5, 0.6) is 17.2 Å². The molecule has 8 heteroatoms. The second-order valence-corrected chi connectivity index (χ2v) is 9.28. The van der Waals surface area contributed by atoms with Crippen LogP contribution in [-0.2, 0) is 9.59 Å².